The van der Waals surface area contributed by atoms with Gasteiger partial charge in [-0.3, -0.25) is 0 Å². The Hall–Kier alpha value is -2.30. The van der Waals surface area contributed by atoms with Gasteiger partial charge in [-0.2, -0.15) is 0 Å². The Labute approximate surface area is 126 Å². The topological polar surface area (TPSA) is 70.5 Å². The highest BCUT2D eigenvalue weighted by Crippen LogP contribution is 2.26. The summed E-state index contributed by atoms with van der Waals surface area (Å²) in [6.45, 7) is 7.85. The first-order valence-electron chi connectivity index (χ1n) is 6.77. The molecule has 0 spiro atoms. The smallest absolute Gasteiger partial charge is 0.526 e. The van der Waals surface area contributed by atoms with Gasteiger partial charge in [-0.15, -0.1) is 0 Å². The van der Waals surface area contributed by atoms with E-state index in [1.807, 2.05) is 39.8 Å². The van der Waals surface area contributed by atoms with E-state index >= 15 is 0 Å². The lowest BCUT2D eigenvalue weighted by atomic mass is 10.1. The zero-order valence-electron chi connectivity index (χ0n) is 12.9. The van der Waals surface area contributed by atoms with Crippen molar-refractivity contribution in [3.63, 3.8) is 0 Å². The molecule has 0 aliphatic rings. The number of aryl methyl sites for hydroxylation is 4. The average molecular weight is 283 g/mol. The zero-order chi connectivity index (χ0) is 15.6. The van der Waals surface area contributed by atoms with E-state index < -0.39 is 0 Å². The number of hydrogen-bond donors (Lipinski definition) is 2. The summed E-state index contributed by atoms with van der Waals surface area (Å²) in [7, 11) is 1.30. The van der Waals surface area contributed by atoms with Crippen LogP contribution >= 0.6 is 0 Å². The molecule has 0 aliphatic heterocycles. The highest BCUT2D eigenvalue weighted by molar-refractivity contribution is 6.21. The summed E-state index contributed by atoms with van der Waals surface area (Å²) in [5, 5.41) is 0. The van der Waals surface area contributed by atoms with Gasteiger partial charge in [-0.1, -0.05) is 12.1 Å². The maximum Gasteiger partial charge on any atom is 0.658 e. The van der Waals surface area contributed by atoms with Crippen molar-refractivity contribution < 1.29 is 9.31 Å². The van der Waals surface area contributed by atoms with Crippen molar-refractivity contribution in [2.75, 3.05) is 11.5 Å². The quantitative estimate of drug-likeness (QED) is 0.668. The van der Waals surface area contributed by atoms with Gasteiger partial charge in [0, 0.05) is 23.5 Å². The summed E-state index contributed by atoms with van der Waals surface area (Å²) in [5.74, 6) is 1.35. The van der Waals surface area contributed by atoms with E-state index in [1.165, 1.54) is 7.69 Å². The summed E-state index contributed by atoms with van der Waals surface area (Å²) in [6, 6.07) is 7.54. The number of benzene rings is 2. The summed E-state index contributed by atoms with van der Waals surface area (Å²) < 4.78 is 11.1. The molecular formula is C16H20BN2O2. The largest absolute Gasteiger partial charge is 0.658 e. The minimum atomic E-state index is 0.677. The third-order valence-corrected chi connectivity index (χ3v) is 3.48. The monoisotopic (exact) mass is 283 g/mol. The van der Waals surface area contributed by atoms with Crippen LogP contribution in [0, 0.1) is 27.7 Å². The SMILES string of the molecule is Cc1cc(C)c(O[B]Oc2cc(N)c(C)cc2C)cc1N. The summed E-state index contributed by atoms with van der Waals surface area (Å²) in [4.78, 5) is 0. The summed E-state index contributed by atoms with van der Waals surface area (Å²) in [6.07, 6.45) is 0. The van der Waals surface area contributed by atoms with Crippen molar-refractivity contribution in [1.29, 1.82) is 0 Å². The fourth-order valence-electron chi connectivity index (χ4n) is 2.08. The van der Waals surface area contributed by atoms with Crippen LogP contribution in [-0.2, 0) is 0 Å². The first kappa shape index (κ1) is 15.1. The average Bonchev–Trinajstić information content (AvgIpc) is 2.41. The van der Waals surface area contributed by atoms with Crippen LogP contribution in [-0.4, -0.2) is 7.69 Å². The van der Waals surface area contributed by atoms with E-state index in [-0.39, 0.29) is 0 Å². The van der Waals surface area contributed by atoms with Crippen LogP contribution in [0.3, 0.4) is 0 Å². The summed E-state index contributed by atoms with van der Waals surface area (Å²) in [5.41, 5.74) is 17.2. The first-order valence-corrected chi connectivity index (χ1v) is 6.77. The maximum atomic E-state index is 5.88. The van der Waals surface area contributed by atoms with Gasteiger partial charge in [-0.05, 0) is 49.9 Å². The van der Waals surface area contributed by atoms with Gasteiger partial charge in [0.1, 0.15) is 11.5 Å². The van der Waals surface area contributed by atoms with Gasteiger partial charge in [0.2, 0.25) is 0 Å². The van der Waals surface area contributed by atoms with Crippen molar-refractivity contribution in [2.45, 2.75) is 27.7 Å². The molecule has 2 aromatic carbocycles. The zero-order valence-corrected chi connectivity index (χ0v) is 12.9. The fraction of sp³-hybridized carbons (Fsp3) is 0.250. The van der Waals surface area contributed by atoms with E-state index in [4.69, 9.17) is 20.8 Å². The lowest BCUT2D eigenvalue weighted by Gasteiger charge is -2.13. The highest BCUT2D eigenvalue weighted by Gasteiger charge is 2.09. The molecule has 0 bridgehead atoms. The van der Waals surface area contributed by atoms with Crippen molar-refractivity contribution in [1.82, 2.24) is 0 Å². The van der Waals surface area contributed by atoms with Gasteiger partial charge in [-0.25, -0.2) is 0 Å². The van der Waals surface area contributed by atoms with Crippen LogP contribution in [0.15, 0.2) is 24.3 Å². The second kappa shape index (κ2) is 6.00. The third kappa shape index (κ3) is 3.43. The number of hydrogen-bond acceptors (Lipinski definition) is 4. The predicted octanol–water partition coefficient (Wildman–Crippen LogP) is 3.08. The Morgan fingerprint density at radius 2 is 1.05 bits per heavy atom. The van der Waals surface area contributed by atoms with Gasteiger partial charge in [0.05, 0.1) is 0 Å². The molecular weight excluding hydrogens is 263 g/mol. The minimum absolute atomic E-state index is 0.677. The lowest BCUT2D eigenvalue weighted by molar-refractivity contribution is 0.455. The number of nitrogens with two attached hydrogens (primary N) is 2. The molecule has 0 fully saturated rings. The van der Waals surface area contributed by atoms with E-state index in [2.05, 4.69) is 0 Å². The number of nitrogen functional groups attached to an aromatic ring is 2. The van der Waals surface area contributed by atoms with Crippen molar-refractivity contribution in [3.05, 3.63) is 46.5 Å². The molecule has 5 heteroatoms. The van der Waals surface area contributed by atoms with Crippen LogP contribution in [0.25, 0.3) is 0 Å². The molecule has 0 saturated heterocycles. The fourth-order valence-corrected chi connectivity index (χ4v) is 2.08. The highest BCUT2D eigenvalue weighted by atomic mass is 16.6. The second-order valence-electron chi connectivity index (χ2n) is 5.28. The molecule has 0 aromatic heterocycles. The molecule has 0 atom stereocenters. The minimum Gasteiger partial charge on any atom is -0.526 e. The van der Waals surface area contributed by atoms with Crippen LogP contribution in [0.1, 0.15) is 22.3 Å². The van der Waals surface area contributed by atoms with E-state index in [0.717, 1.165) is 22.3 Å². The Bertz CT molecular complexity index is 614. The molecule has 109 valence electrons. The standard InChI is InChI=1S/C16H20BN2O2/c1-9-5-11(3)15(7-13(9)18)20-17-21-16-8-14(19)10(2)6-12(16)4/h5-8H,18-19H2,1-4H3. The molecule has 4 nitrogen and oxygen atoms in total. The van der Waals surface area contributed by atoms with Crippen molar-refractivity contribution in [2.24, 2.45) is 0 Å². The molecule has 0 amide bonds. The van der Waals surface area contributed by atoms with Gasteiger partial charge in [0.25, 0.3) is 0 Å². The van der Waals surface area contributed by atoms with Crippen molar-refractivity contribution >= 4 is 19.1 Å². The molecule has 21 heavy (non-hydrogen) atoms. The predicted molar refractivity (Wildman–Crippen MR) is 87.7 cm³/mol. The Morgan fingerprint density at radius 1 is 0.667 bits per heavy atom. The van der Waals surface area contributed by atoms with E-state index in [0.29, 0.717) is 22.9 Å². The molecule has 0 unspecified atom stereocenters. The Balaban J connectivity index is 2.05. The first-order chi connectivity index (χ1) is 9.88. The molecule has 2 aromatic rings. The van der Waals surface area contributed by atoms with Crippen molar-refractivity contribution in [3.8, 4) is 11.5 Å². The van der Waals surface area contributed by atoms with E-state index in [1.54, 1.807) is 12.1 Å². The normalized spacial score (nSPS) is 10.3. The maximum absolute atomic E-state index is 5.88. The van der Waals surface area contributed by atoms with Gasteiger partial charge >= 0.3 is 7.69 Å². The van der Waals surface area contributed by atoms with Crippen LogP contribution in [0.2, 0.25) is 0 Å². The summed E-state index contributed by atoms with van der Waals surface area (Å²) >= 11 is 0. The van der Waals surface area contributed by atoms with E-state index in [9.17, 15) is 0 Å². The van der Waals surface area contributed by atoms with Gasteiger partial charge in [0.15, 0.2) is 0 Å². The lowest BCUT2D eigenvalue weighted by Crippen LogP contribution is -2.13. The third-order valence-electron chi connectivity index (χ3n) is 3.48. The Morgan fingerprint density at radius 3 is 1.43 bits per heavy atom. The van der Waals surface area contributed by atoms with Crippen LogP contribution in [0.4, 0.5) is 11.4 Å². The number of rotatable bonds is 4. The molecule has 0 saturated carbocycles. The number of anilines is 2. The Kier molecular flexibility index (Phi) is 4.31. The van der Waals surface area contributed by atoms with Crippen LogP contribution in [0.5, 0.6) is 11.5 Å². The molecule has 2 rings (SSSR count). The molecule has 1 radical (unpaired) electrons. The molecule has 0 heterocycles. The molecule has 0 aliphatic carbocycles. The molecule has 4 N–H and O–H groups in total. The second-order valence-corrected chi connectivity index (χ2v) is 5.28. The van der Waals surface area contributed by atoms with Crippen LogP contribution < -0.4 is 20.8 Å². The van der Waals surface area contributed by atoms with Gasteiger partial charge < -0.3 is 20.8 Å².